The Bertz CT molecular complexity index is 524. The van der Waals surface area contributed by atoms with Gasteiger partial charge in [-0.3, -0.25) is 0 Å². The van der Waals surface area contributed by atoms with Crippen molar-refractivity contribution in [3.8, 4) is 0 Å². The number of nitrogens with one attached hydrogen (secondary N) is 1. The largest absolute Gasteiger partial charge is 0.319 e. The molecule has 2 aromatic carbocycles. The van der Waals surface area contributed by atoms with Gasteiger partial charge in [0.1, 0.15) is 0 Å². The van der Waals surface area contributed by atoms with Crippen LogP contribution in [0.25, 0.3) is 0 Å². The summed E-state index contributed by atoms with van der Waals surface area (Å²) in [6, 6.07) is 19.6. The van der Waals surface area contributed by atoms with Crippen LogP contribution in [0.2, 0.25) is 0 Å². The molecule has 0 heterocycles. The van der Waals surface area contributed by atoms with Crippen molar-refractivity contribution in [1.82, 2.24) is 5.32 Å². The molecule has 1 N–H and O–H groups in total. The summed E-state index contributed by atoms with van der Waals surface area (Å²) >= 11 is 1.96. The first-order chi connectivity index (χ1) is 10.3. The van der Waals surface area contributed by atoms with Crippen LogP contribution in [0.4, 0.5) is 0 Å². The van der Waals surface area contributed by atoms with Crippen LogP contribution < -0.4 is 5.32 Å². The second-order valence-corrected chi connectivity index (χ2v) is 6.74. The maximum atomic E-state index is 3.34. The first-order valence-corrected chi connectivity index (χ1v) is 8.64. The molecule has 0 aromatic heterocycles. The molecular weight excluding hydrogens is 274 g/mol. The minimum absolute atomic E-state index is 0.702. The highest BCUT2D eigenvalue weighted by Gasteiger charge is 2.09. The summed E-state index contributed by atoms with van der Waals surface area (Å²) in [7, 11) is 2.05. The van der Waals surface area contributed by atoms with Crippen LogP contribution in [0.15, 0.2) is 59.5 Å². The van der Waals surface area contributed by atoms with E-state index in [1.54, 1.807) is 0 Å². The second kappa shape index (κ2) is 8.91. The van der Waals surface area contributed by atoms with Crippen LogP contribution in [-0.2, 0) is 6.42 Å². The fourth-order valence-corrected chi connectivity index (χ4v) is 3.63. The Hall–Kier alpha value is -1.25. The minimum atomic E-state index is 0.702. The lowest BCUT2D eigenvalue weighted by Crippen LogP contribution is -2.21. The van der Waals surface area contributed by atoms with Gasteiger partial charge >= 0.3 is 0 Å². The Morgan fingerprint density at radius 2 is 1.86 bits per heavy atom. The highest BCUT2D eigenvalue weighted by Crippen LogP contribution is 2.21. The van der Waals surface area contributed by atoms with Gasteiger partial charge in [-0.05, 0) is 62.7 Å². The lowest BCUT2D eigenvalue weighted by atomic mass is 9.96. The average Bonchev–Trinajstić information content (AvgIpc) is 2.48. The molecule has 112 valence electrons. The second-order valence-electron chi connectivity index (χ2n) is 5.57. The summed E-state index contributed by atoms with van der Waals surface area (Å²) in [6.45, 7) is 3.26. The summed E-state index contributed by atoms with van der Waals surface area (Å²) in [5, 5.41) is 3.34. The van der Waals surface area contributed by atoms with Gasteiger partial charge < -0.3 is 5.32 Å². The Labute approximate surface area is 133 Å². The van der Waals surface area contributed by atoms with Gasteiger partial charge in [0.05, 0.1) is 0 Å². The Morgan fingerprint density at radius 1 is 1.05 bits per heavy atom. The molecule has 2 rings (SSSR count). The van der Waals surface area contributed by atoms with Crippen molar-refractivity contribution >= 4 is 11.8 Å². The summed E-state index contributed by atoms with van der Waals surface area (Å²) in [5.41, 5.74) is 2.81. The van der Waals surface area contributed by atoms with E-state index < -0.39 is 0 Å². The van der Waals surface area contributed by atoms with Crippen molar-refractivity contribution in [3.63, 3.8) is 0 Å². The van der Waals surface area contributed by atoms with E-state index in [1.807, 2.05) is 18.8 Å². The van der Waals surface area contributed by atoms with E-state index in [0.29, 0.717) is 5.92 Å². The summed E-state index contributed by atoms with van der Waals surface area (Å²) in [6.07, 6.45) is 2.41. The SMILES string of the molecule is CNCC(CCSc1ccccc1)Cc1cccc(C)c1. The van der Waals surface area contributed by atoms with Gasteiger partial charge in [0, 0.05) is 4.90 Å². The predicted molar refractivity (Wildman–Crippen MR) is 94.1 cm³/mol. The smallest absolute Gasteiger partial charge is 0.00719 e. The van der Waals surface area contributed by atoms with Crippen molar-refractivity contribution in [2.75, 3.05) is 19.3 Å². The fourth-order valence-electron chi connectivity index (χ4n) is 2.60. The van der Waals surface area contributed by atoms with Gasteiger partial charge in [-0.25, -0.2) is 0 Å². The molecule has 2 aromatic rings. The monoisotopic (exact) mass is 299 g/mol. The van der Waals surface area contributed by atoms with E-state index in [9.17, 15) is 0 Å². The van der Waals surface area contributed by atoms with E-state index in [4.69, 9.17) is 0 Å². The van der Waals surface area contributed by atoms with Gasteiger partial charge in [0.25, 0.3) is 0 Å². The zero-order chi connectivity index (χ0) is 14.9. The van der Waals surface area contributed by atoms with Crippen LogP contribution in [0.1, 0.15) is 17.5 Å². The lowest BCUT2D eigenvalue weighted by molar-refractivity contribution is 0.484. The van der Waals surface area contributed by atoms with E-state index in [-0.39, 0.29) is 0 Å². The first kappa shape index (κ1) is 16.1. The quantitative estimate of drug-likeness (QED) is 0.717. The predicted octanol–water partition coefficient (Wildman–Crippen LogP) is 4.56. The zero-order valence-corrected chi connectivity index (χ0v) is 13.8. The van der Waals surface area contributed by atoms with Gasteiger partial charge in [-0.1, -0.05) is 48.0 Å². The number of rotatable bonds is 8. The van der Waals surface area contributed by atoms with Crippen molar-refractivity contribution in [2.45, 2.75) is 24.7 Å². The number of hydrogen-bond donors (Lipinski definition) is 1. The molecule has 0 aliphatic heterocycles. The van der Waals surface area contributed by atoms with E-state index in [1.165, 1.54) is 28.2 Å². The first-order valence-electron chi connectivity index (χ1n) is 7.66. The molecule has 1 nitrogen and oxygen atoms in total. The van der Waals surface area contributed by atoms with Crippen LogP contribution in [0, 0.1) is 12.8 Å². The van der Waals surface area contributed by atoms with Crippen LogP contribution in [-0.4, -0.2) is 19.3 Å². The molecule has 2 heteroatoms. The third-order valence-electron chi connectivity index (χ3n) is 3.64. The fraction of sp³-hybridized carbons (Fsp3) is 0.368. The molecule has 21 heavy (non-hydrogen) atoms. The molecule has 0 bridgehead atoms. The Balaban J connectivity index is 1.84. The third-order valence-corrected chi connectivity index (χ3v) is 4.68. The van der Waals surface area contributed by atoms with Crippen LogP contribution in [0.3, 0.4) is 0 Å². The maximum Gasteiger partial charge on any atom is 0.00719 e. The van der Waals surface area contributed by atoms with Gasteiger partial charge in [0.15, 0.2) is 0 Å². The third kappa shape index (κ3) is 5.94. The van der Waals surface area contributed by atoms with Crippen molar-refractivity contribution in [2.24, 2.45) is 5.92 Å². The molecule has 0 saturated carbocycles. The van der Waals surface area contributed by atoms with E-state index in [0.717, 1.165) is 13.0 Å². The minimum Gasteiger partial charge on any atom is -0.319 e. The lowest BCUT2D eigenvalue weighted by Gasteiger charge is -2.16. The van der Waals surface area contributed by atoms with E-state index >= 15 is 0 Å². The van der Waals surface area contributed by atoms with E-state index in [2.05, 4.69) is 66.8 Å². The molecule has 0 spiro atoms. The van der Waals surface area contributed by atoms with Crippen molar-refractivity contribution in [3.05, 3.63) is 65.7 Å². The Morgan fingerprint density at radius 3 is 2.57 bits per heavy atom. The molecule has 0 aliphatic carbocycles. The van der Waals surface area contributed by atoms with Gasteiger partial charge in [0.2, 0.25) is 0 Å². The standard InChI is InChI=1S/C19H25NS/c1-16-7-6-8-17(13-16)14-18(15-20-2)11-12-21-19-9-4-3-5-10-19/h3-10,13,18,20H,11-12,14-15H2,1-2H3. The van der Waals surface area contributed by atoms with Gasteiger partial charge in [-0.15, -0.1) is 11.8 Å². The summed E-state index contributed by atoms with van der Waals surface area (Å²) in [5.74, 6) is 1.88. The number of aryl methyl sites for hydroxylation is 1. The number of thioether (sulfide) groups is 1. The van der Waals surface area contributed by atoms with Crippen molar-refractivity contribution in [1.29, 1.82) is 0 Å². The van der Waals surface area contributed by atoms with Crippen LogP contribution in [0.5, 0.6) is 0 Å². The number of hydrogen-bond acceptors (Lipinski definition) is 2. The Kier molecular flexibility index (Phi) is 6.84. The highest BCUT2D eigenvalue weighted by molar-refractivity contribution is 7.99. The maximum absolute atomic E-state index is 3.34. The summed E-state index contributed by atoms with van der Waals surface area (Å²) in [4.78, 5) is 1.37. The summed E-state index contributed by atoms with van der Waals surface area (Å²) < 4.78 is 0. The van der Waals surface area contributed by atoms with Crippen molar-refractivity contribution < 1.29 is 0 Å². The molecule has 0 amide bonds. The zero-order valence-electron chi connectivity index (χ0n) is 13.0. The molecule has 0 saturated heterocycles. The van der Waals surface area contributed by atoms with Crippen LogP contribution >= 0.6 is 11.8 Å². The normalized spacial score (nSPS) is 12.3. The molecule has 0 aliphatic rings. The molecule has 1 atom stereocenters. The highest BCUT2D eigenvalue weighted by atomic mass is 32.2. The molecule has 0 fully saturated rings. The van der Waals surface area contributed by atoms with Gasteiger partial charge in [-0.2, -0.15) is 0 Å². The average molecular weight is 299 g/mol. The number of benzene rings is 2. The molecule has 1 unspecified atom stereocenters. The topological polar surface area (TPSA) is 12.0 Å². The molecular formula is C19H25NS. The molecule has 0 radical (unpaired) electrons.